The summed E-state index contributed by atoms with van der Waals surface area (Å²) in [6.07, 6.45) is 17.8. The summed E-state index contributed by atoms with van der Waals surface area (Å²) in [5.74, 6) is 1.85. The molecule has 1 heterocycles. The van der Waals surface area contributed by atoms with Crippen molar-refractivity contribution in [1.82, 2.24) is 0 Å². The lowest BCUT2D eigenvalue weighted by Crippen LogP contribution is -2.35. The van der Waals surface area contributed by atoms with Gasteiger partial charge in [0.25, 0.3) is 0 Å². The van der Waals surface area contributed by atoms with Gasteiger partial charge in [0.15, 0.2) is 0 Å². The number of anilines is 1. The Hall–Kier alpha value is -4.08. The van der Waals surface area contributed by atoms with E-state index in [0.717, 1.165) is 24.3 Å². The van der Waals surface area contributed by atoms with Gasteiger partial charge in [0.2, 0.25) is 0 Å². The lowest BCUT2D eigenvalue weighted by atomic mass is 9.66. The molecule has 0 radical (unpaired) electrons. The van der Waals surface area contributed by atoms with Crippen LogP contribution in [-0.2, 0) is 5.41 Å². The second-order valence-corrected chi connectivity index (χ2v) is 12.0. The van der Waals surface area contributed by atoms with E-state index in [2.05, 4.69) is 154 Å². The SMILES string of the molecule is BrC1C=CC(N(c2ccc3c(c2)C2(c4ccccc4Oc4ccccc42)c2ccccc2-3)C2C=CC=CC2)=CC1. The molecule has 2 unspecified atom stereocenters. The van der Waals surface area contributed by atoms with Gasteiger partial charge in [-0.15, -0.1) is 0 Å². The maximum Gasteiger partial charge on any atom is 0.132 e. The van der Waals surface area contributed by atoms with E-state index >= 15 is 0 Å². The van der Waals surface area contributed by atoms with Gasteiger partial charge < -0.3 is 9.64 Å². The van der Waals surface area contributed by atoms with Gasteiger partial charge in [0.05, 0.1) is 11.5 Å². The number of para-hydroxylation sites is 2. The van der Waals surface area contributed by atoms with Gasteiger partial charge in [-0.05, 0) is 65.4 Å². The molecule has 0 aromatic heterocycles. The number of halogens is 1. The van der Waals surface area contributed by atoms with Crippen LogP contribution in [-0.4, -0.2) is 10.9 Å². The zero-order chi connectivity index (χ0) is 26.7. The summed E-state index contributed by atoms with van der Waals surface area (Å²) >= 11 is 3.77. The fourth-order valence-corrected chi connectivity index (χ4v) is 7.38. The smallest absolute Gasteiger partial charge is 0.132 e. The molecule has 0 N–H and O–H groups in total. The fourth-order valence-electron chi connectivity index (χ4n) is 7.04. The standard InChI is InChI=1S/C37H28BrNO/c38-25-18-20-27(21-19-25)39(26-10-2-1-3-11-26)28-22-23-30-29-12-4-5-13-31(29)37(34(30)24-28)32-14-6-8-16-35(32)40-36-17-9-7-15-33(36)37/h1-10,12-18,20-26H,11,19H2. The molecule has 4 aromatic rings. The van der Waals surface area contributed by atoms with Crippen molar-refractivity contribution in [2.24, 2.45) is 0 Å². The van der Waals surface area contributed by atoms with Crippen molar-refractivity contribution in [3.63, 3.8) is 0 Å². The molecule has 1 aliphatic heterocycles. The molecule has 0 amide bonds. The Labute approximate surface area is 243 Å². The van der Waals surface area contributed by atoms with Gasteiger partial charge in [-0.2, -0.15) is 0 Å². The molecule has 4 aromatic carbocycles. The molecule has 2 atom stereocenters. The number of hydrogen-bond donors (Lipinski definition) is 0. The van der Waals surface area contributed by atoms with Crippen molar-refractivity contribution < 1.29 is 4.74 Å². The van der Waals surface area contributed by atoms with Crippen molar-refractivity contribution in [3.8, 4) is 22.6 Å². The molecule has 3 heteroatoms. The van der Waals surface area contributed by atoms with Crippen LogP contribution >= 0.6 is 15.9 Å². The average Bonchev–Trinajstić information content (AvgIpc) is 3.29. The van der Waals surface area contributed by atoms with Crippen molar-refractivity contribution in [2.45, 2.75) is 29.1 Å². The Morgan fingerprint density at radius 2 is 1.40 bits per heavy atom. The molecular weight excluding hydrogens is 554 g/mol. The van der Waals surface area contributed by atoms with Gasteiger partial charge in [-0.25, -0.2) is 0 Å². The van der Waals surface area contributed by atoms with E-state index in [9.17, 15) is 0 Å². The van der Waals surface area contributed by atoms with Crippen molar-refractivity contribution >= 4 is 21.6 Å². The average molecular weight is 583 g/mol. The summed E-state index contributed by atoms with van der Waals surface area (Å²) < 4.78 is 6.52. The highest BCUT2D eigenvalue weighted by Crippen LogP contribution is 2.62. The van der Waals surface area contributed by atoms with Crippen LogP contribution in [0.5, 0.6) is 11.5 Å². The van der Waals surface area contributed by atoms with Crippen LogP contribution in [0.15, 0.2) is 139 Å². The molecule has 40 heavy (non-hydrogen) atoms. The van der Waals surface area contributed by atoms with Crippen LogP contribution in [0.2, 0.25) is 0 Å². The van der Waals surface area contributed by atoms with Gasteiger partial charge >= 0.3 is 0 Å². The second-order valence-electron chi connectivity index (χ2n) is 10.8. The topological polar surface area (TPSA) is 12.5 Å². The van der Waals surface area contributed by atoms with Crippen LogP contribution < -0.4 is 9.64 Å². The normalized spacial score (nSPS) is 20.7. The molecule has 2 nitrogen and oxygen atoms in total. The Morgan fingerprint density at radius 1 is 0.700 bits per heavy atom. The minimum atomic E-state index is -0.459. The number of nitrogens with zero attached hydrogens (tertiary/aromatic N) is 1. The van der Waals surface area contributed by atoms with E-state index in [1.807, 2.05) is 0 Å². The molecule has 8 rings (SSSR count). The third-order valence-corrected chi connectivity index (χ3v) is 9.38. The Balaban J connectivity index is 1.41. The number of fused-ring (bicyclic) bond motifs is 9. The lowest BCUT2D eigenvalue weighted by Gasteiger charge is -2.40. The Morgan fingerprint density at radius 3 is 2.10 bits per heavy atom. The van der Waals surface area contributed by atoms with Gasteiger partial charge in [0, 0.05) is 27.3 Å². The molecule has 3 aliphatic carbocycles. The zero-order valence-electron chi connectivity index (χ0n) is 22.0. The van der Waals surface area contributed by atoms with Crippen LogP contribution in [0.1, 0.15) is 35.1 Å². The first kappa shape index (κ1) is 23.8. The van der Waals surface area contributed by atoms with Crippen molar-refractivity contribution in [2.75, 3.05) is 4.90 Å². The molecule has 194 valence electrons. The van der Waals surface area contributed by atoms with Crippen LogP contribution in [0.4, 0.5) is 5.69 Å². The summed E-state index contributed by atoms with van der Waals surface area (Å²) in [4.78, 5) is 2.90. The van der Waals surface area contributed by atoms with E-state index in [4.69, 9.17) is 4.74 Å². The third kappa shape index (κ3) is 3.40. The predicted molar refractivity (Wildman–Crippen MR) is 168 cm³/mol. The molecule has 1 spiro atoms. The first-order valence-electron chi connectivity index (χ1n) is 14.0. The van der Waals surface area contributed by atoms with Crippen LogP contribution in [0.25, 0.3) is 11.1 Å². The van der Waals surface area contributed by atoms with E-state index in [-0.39, 0.29) is 6.04 Å². The molecule has 0 bridgehead atoms. The first-order chi connectivity index (χ1) is 19.7. The number of allylic oxidation sites excluding steroid dienone is 5. The van der Waals surface area contributed by atoms with Crippen molar-refractivity contribution in [3.05, 3.63) is 161 Å². The van der Waals surface area contributed by atoms with E-state index < -0.39 is 5.41 Å². The summed E-state index contributed by atoms with van der Waals surface area (Å²) in [6, 6.07) is 33.4. The zero-order valence-corrected chi connectivity index (χ0v) is 23.6. The van der Waals surface area contributed by atoms with Crippen LogP contribution in [0.3, 0.4) is 0 Å². The minimum Gasteiger partial charge on any atom is -0.457 e. The van der Waals surface area contributed by atoms with Gasteiger partial charge in [-0.3, -0.25) is 0 Å². The molecule has 0 saturated carbocycles. The van der Waals surface area contributed by atoms with Gasteiger partial charge in [-0.1, -0.05) is 119 Å². The predicted octanol–water partition coefficient (Wildman–Crippen LogP) is 9.45. The number of ether oxygens (including phenoxy) is 1. The van der Waals surface area contributed by atoms with Crippen molar-refractivity contribution in [1.29, 1.82) is 0 Å². The number of benzene rings is 4. The summed E-state index contributed by atoms with van der Waals surface area (Å²) in [5.41, 5.74) is 9.61. The number of alkyl halides is 1. The first-order valence-corrected chi connectivity index (χ1v) is 14.9. The molecule has 0 fully saturated rings. The quantitative estimate of drug-likeness (QED) is 0.193. The van der Waals surface area contributed by atoms with Gasteiger partial charge in [0.1, 0.15) is 11.5 Å². The minimum absolute atomic E-state index is 0.250. The molecular formula is C37H28BrNO. The van der Waals surface area contributed by atoms with Crippen LogP contribution in [0, 0.1) is 0 Å². The van der Waals surface area contributed by atoms with E-state index in [0.29, 0.717) is 4.83 Å². The summed E-state index contributed by atoms with van der Waals surface area (Å²) in [6.45, 7) is 0. The maximum atomic E-state index is 6.52. The maximum absolute atomic E-state index is 6.52. The highest BCUT2D eigenvalue weighted by atomic mass is 79.9. The molecule has 0 saturated heterocycles. The highest BCUT2D eigenvalue weighted by molar-refractivity contribution is 9.09. The number of rotatable bonds is 3. The summed E-state index contributed by atoms with van der Waals surface area (Å²) in [5, 5.41) is 0. The molecule has 4 aliphatic rings. The fraction of sp³-hybridized carbons (Fsp3) is 0.135. The summed E-state index contributed by atoms with van der Waals surface area (Å²) in [7, 11) is 0. The van der Waals surface area contributed by atoms with E-state index in [1.165, 1.54) is 44.8 Å². The second kappa shape index (κ2) is 9.25. The third-order valence-electron chi connectivity index (χ3n) is 8.70. The largest absolute Gasteiger partial charge is 0.457 e. The Kier molecular flexibility index (Phi) is 5.50. The monoisotopic (exact) mass is 581 g/mol. The highest BCUT2D eigenvalue weighted by Gasteiger charge is 2.51. The number of hydrogen-bond acceptors (Lipinski definition) is 2. The van der Waals surface area contributed by atoms with E-state index in [1.54, 1.807) is 0 Å². The lowest BCUT2D eigenvalue weighted by molar-refractivity contribution is 0.436. The Bertz CT molecular complexity index is 1730.